The summed E-state index contributed by atoms with van der Waals surface area (Å²) >= 11 is 1.78. The van der Waals surface area contributed by atoms with Crippen molar-refractivity contribution in [2.75, 3.05) is 30.4 Å². The molecule has 0 aromatic heterocycles. The van der Waals surface area contributed by atoms with Gasteiger partial charge in [0.1, 0.15) is 5.82 Å². The van der Waals surface area contributed by atoms with Crippen LogP contribution < -0.4 is 10.6 Å². The zero-order valence-corrected chi connectivity index (χ0v) is 11.5. The van der Waals surface area contributed by atoms with Gasteiger partial charge in [-0.2, -0.15) is 11.8 Å². The van der Waals surface area contributed by atoms with Crippen LogP contribution in [0.25, 0.3) is 0 Å². The van der Waals surface area contributed by atoms with Crippen molar-refractivity contribution in [3.63, 3.8) is 0 Å². The van der Waals surface area contributed by atoms with Crippen molar-refractivity contribution in [3.05, 3.63) is 30.1 Å². The minimum atomic E-state index is -0.415. The molecule has 3 nitrogen and oxygen atoms in total. The van der Waals surface area contributed by atoms with E-state index in [1.165, 1.54) is 6.07 Å². The molecule has 0 fully saturated rings. The number of rotatable bonds is 7. The van der Waals surface area contributed by atoms with Gasteiger partial charge in [0.25, 0.3) is 0 Å². The van der Waals surface area contributed by atoms with Crippen LogP contribution in [0.15, 0.2) is 24.3 Å². The Bertz CT molecular complexity index is 387. The lowest BCUT2D eigenvalue weighted by Gasteiger charge is -2.11. The van der Waals surface area contributed by atoms with Crippen LogP contribution in [0.3, 0.4) is 0 Å². The van der Waals surface area contributed by atoms with E-state index in [9.17, 15) is 9.18 Å². The van der Waals surface area contributed by atoms with E-state index in [4.69, 9.17) is 0 Å². The molecule has 100 valence electrons. The van der Waals surface area contributed by atoms with E-state index in [1.807, 2.05) is 0 Å². The second kappa shape index (κ2) is 8.11. The van der Waals surface area contributed by atoms with Gasteiger partial charge in [-0.05, 0) is 36.6 Å². The van der Waals surface area contributed by atoms with Gasteiger partial charge in [0.2, 0.25) is 5.91 Å². The molecule has 0 radical (unpaired) electrons. The maximum atomic E-state index is 13.3. The molecule has 0 aliphatic heterocycles. The normalized spacial score (nSPS) is 12.2. The first kappa shape index (κ1) is 15.0. The van der Waals surface area contributed by atoms with E-state index >= 15 is 0 Å². The highest BCUT2D eigenvalue weighted by molar-refractivity contribution is 7.98. The Hall–Kier alpha value is -1.07. The maximum Gasteiger partial charge on any atom is 0.238 e. The Kier molecular flexibility index (Phi) is 6.75. The molecule has 2 N–H and O–H groups in total. The lowest BCUT2D eigenvalue weighted by molar-refractivity contribution is -0.115. The summed E-state index contributed by atoms with van der Waals surface area (Å²) < 4.78 is 13.3. The van der Waals surface area contributed by atoms with Crippen LogP contribution in [0.4, 0.5) is 10.1 Å². The largest absolute Gasteiger partial charge is 0.322 e. The van der Waals surface area contributed by atoms with Gasteiger partial charge in [-0.25, -0.2) is 4.39 Å². The molecule has 0 heterocycles. The molecule has 1 aromatic carbocycles. The highest BCUT2D eigenvalue weighted by Crippen LogP contribution is 2.11. The third-order valence-electron chi connectivity index (χ3n) is 2.38. The average Bonchev–Trinajstić information content (AvgIpc) is 2.32. The van der Waals surface area contributed by atoms with Crippen molar-refractivity contribution < 1.29 is 9.18 Å². The Morgan fingerprint density at radius 2 is 2.17 bits per heavy atom. The predicted molar refractivity (Wildman–Crippen MR) is 75.4 cm³/mol. The predicted octanol–water partition coefficient (Wildman–Crippen LogP) is 2.35. The summed E-state index contributed by atoms with van der Waals surface area (Å²) in [4.78, 5) is 11.6. The van der Waals surface area contributed by atoms with Gasteiger partial charge in [0.05, 0.1) is 12.2 Å². The molecule has 0 bridgehead atoms. The third-order valence-corrected chi connectivity index (χ3v) is 3.28. The molecule has 1 amide bonds. The summed E-state index contributed by atoms with van der Waals surface area (Å²) in [6.07, 6.45) is 2.06. The Labute approximate surface area is 112 Å². The number of para-hydroxylation sites is 1. The molecular formula is C13H19FN2OS. The molecule has 18 heavy (non-hydrogen) atoms. The van der Waals surface area contributed by atoms with Crippen LogP contribution in [0.1, 0.15) is 6.92 Å². The number of halogens is 1. The third kappa shape index (κ3) is 5.51. The molecule has 5 heteroatoms. The highest BCUT2D eigenvalue weighted by Gasteiger charge is 2.06. The monoisotopic (exact) mass is 270 g/mol. The summed E-state index contributed by atoms with van der Waals surface area (Å²) in [5.74, 6) is 0.932. The van der Waals surface area contributed by atoms with E-state index in [0.29, 0.717) is 5.92 Å². The SMILES string of the molecule is CSCC(C)CNCC(=O)Nc1ccccc1F. The van der Waals surface area contributed by atoms with Crippen molar-refractivity contribution in [2.45, 2.75) is 6.92 Å². The number of thioether (sulfide) groups is 1. The van der Waals surface area contributed by atoms with Crippen LogP contribution >= 0.6 is 11.8 Å². The van der Waals surface area contributed by atoms with Gasteiger partial charge in [-0.15, -0.1) is 0 Å². The lowest BCUT2D eigenvalue weighted by atomic mass is 10.2. The van der Waals surface area contributed by atoms with Crippen LogP contribution in [-0.2, 0) is 4.79 Å². The quantitative estimate of drug-likeness (QED) is 0.799. The first-order valence-corrected chi connectivity index (χ1v) is 7.27. The van der Waals surface area contributed by atoms with Gasteiger partial charge in [-0.3, -0.25) is 4.79 Å². The number of amides is 1. The zero-order chi connectivity index (χ0) is 13.4. The molecule has 0 aliphatic carbocycles. The Morgan fingerprint density at radius 3 is 2.83 bits per heavy atom. The van der Waals surface area contributed by atoms with E-state index < -0.39 is 5.82 Å². The minimum Gasteiger partial charge on any atom is -0.322 e. The first-order valence-electron chi connectivity index (χ1n) is 5.87. The molecule has 0 spiro atoms. The summed E-state index contributed by atoms with van der Waals surface area (Å²) in [6, 6.07) is 6.15. The van der Waals surface area contributed by atoms with Gasteiger partial charge < -0.3 is 10.6 Å². The van der Waals surface area contributed by atoms with Crippen molar-refractivity contribution in [3.8, 4) is 0 Å². The zero-order valence-electron chi connectivity index (χ0n) is 10.7. The van der Waals surface area contributed by atoms with E-state index in [2.05, 4.69) is 23.8 Å². The van der Waals surface area contributed by atoms with Crippen molar-refractivity contribution in [1.82, 2.24) is 5.32 Å². The number of anilines is 1. The highest BCUT2D eigenvalue weighted by atomic mass is 32.2. The second-order valence-electron chi connectivity index (χ2n) is 4.22. The van der Waals surface area contributed by atoms with E-state index in [-0.39, 0.29) is 18.1 Å². The maximum absolute atomic E-state index is 13.3. The van der Waals surface area contributed by atoms with Crippen LogP contribution in [0.5, 0.6) is 0 Å². The molecule has 0 saturated carbocycles. The number of nitrogens with one attached hydrogen (secondary N) is 2. The van der Waals surface area contributed by atoms with Gasteiger partial charge in [0.15, 0.2) is 0 Å². The van der Waals surface area contributed by atoms with Gasteiger partial charge in [0, 0.05) is 0 Å². The van der Waals surface area contributed by atoms with E-state index in [0.717, 1.165) is 12.3 Å². The summed E-state index contributed by atoms with van der Waals surface area (Å²) in [6.45, 7) is 3.11. The fourth-order valence-electron chi connectivity index (χ4n) is 1.53. The van der Waals surface area contributed by atoms with Crippen molar-refractivity contribution in [1.29, 1.82) is 0 Å². The standard InChI is InChI=1S/C13H19FN2OS/c1-10(9-18-2)7-15-8-13(17)16-12-6-4-3-5-11(12)14/h3-6,10,15H,7-9H2,1-2H3,(H,16,17). The van der Waals surface area contributed by atoms with Gasteiger partial charge in [-0.1, -0.05) is 19.1 Å². The smallest absolute Gasteiger partial charge is 0.238 e. The number of hydrogen-bond donors (Lipinski definition) is 2. The number of hydrogen-bond acceptors (Lipinski definition) is 3. The molecule has 1 rings (SSSR count). The number of carbonyl (C=O) groups excluding carboxylic acids is 1. The summed E-state index contributed by atoms with van der Waals surface area (Å²) in [7, 11) is 0. The molecule has 1 unspecified atom stereocenters. The Morgan fingerprint density at radius 1 is 1.44 bits per heavy atom. The van der Waals surface area contributed by atoms with E-state index in [1.54, 1.807) is 30.0 Å². The van der Waals surface area contributed by atoms with Crippen LogP contribution in [0, 0.1) is 11.7 Å². The molecular weight excluding hydrogens is 251 g/mol. The molecule has 1 atom stereocenters. The average molecular weight is 270 g/mol. The fraction of sp³-hybridized carbons (Fsp3) is 0.462. The topological polar surface area (TPSA) is 41.1 Å². The number of carbonyl (C=O) groups is 1. The molecule has 0 aliphatic rings. The van der Waals surface area contributed by atoms with Crippen molar-refractivity contribution in [2.24, 2.45) is 5.92 Å². The molecule has 1 aromatic rings. The second-order valence-corrected chi connectivity index (χ2v) is 5.13. The van der Waals surface area contributed by atoms with Gasteiger partial charge >= 0.3 is 0 Å². The molecule has 0 saturated heterocycles. The fourth-order valence-corrected chi connectivity index (χ4v) is 2.22. The minimum absolute atomic E-state index is 0.201. The summed E-state index contributed by atoms with van der Waals surface area (Å²) in [5.41, 5.74) is 0.224. The van der Waals surface area contributed by atoms with Crippen LogP contribution in [-0.4, -0.2) is 31.0 Å². The summed E-state index contributed by atoms with van der Waals surface area (Å²) in [5, 5.41) is 5.60. The lowest BCUT2D eigenvalue weighted by Crippen LogP contribution is -2.31. The Balaban J connectivity index is 2.28. The van der Waals surface area contributed by atoms with Crippen LogP contribution in [0.2, 0.25) is 0 Å². The van der Waals surface area contributed by atoms with Crippen molar-refractivity contribution >= 4 is 23.4 Å². The first-order chi connectivity index (χ1) is 8.63. The number of benzene rings is 1.